The molecule has 160 valence electrons. The summed E-state index contributed by atoms with van der Waals surface area (Å²) in [6.07, 6.45) is 0. The van der Waals surface area contributed by atoms with Crippen LogP contribution in [0.3, 0.4) is 0 Å². The lowest BCUT2D eigenvalue weighted by Crippen LogP contribution is -2.50. The minimum atomic E-state index is -0.442. The summed E-state index contributed by atoms with van der Waals surface area (Å²) >= 11 is 1.39. The molecule has 1 heterocycles. The Morgan fingerprint density at radius 1 is 1.20 bits per heavy atom. The fourth-order valence-electron chi connectivity index (χ4n) is 3.35. The molecule has 2 aromatic rings. The lowest BCUT2D eigenvalue weighted by molar-refractivity contribution is -0.384. The van der Waals surface area contributed by atoms with Gasteiger partial charge in [-0.3, -0.25) is 19.8 Å². The summed E-state index contributed by atoms with van der Waals surface area (Å²) in [6.45, 7) is 5.13. The normalized spacial score (nSPS) is 15.6. The van der Waals surface area contributed by atoms with E-state index in [1.54, 1.807) is 18.2 Å². The predicted octanol–water partition coefficient (Wildman–Crippen LogP) is 3.57. The van der Waals surface area contributed by atoms with Crippen LogP contribution in [0.15, 0.2) is 47.4 Å². The molecule has 3 rings (SSSR count). The van der Waals surface area contributed by atoms with Crippen molar-refractivity contribution in [2.75, 3.05) is 33.3 Å². The highest BCUT2D eigenvalue weighted by atomic mass is 32.2. The van der Waals surface area contributed by atoms with E-state index in [4.69, 9.17) is 4.74 Å². The Kier molecular flexibility index (Phi) is 7.28. The van der Waals surface area contributed by atoms with E-state index in [9.17, 15) is 19.3 Å². The number of halogens is 1. The van der Waals surface area contributed by atoms with Crippen LogP contribution in [0.1, 0.15) is 12.5 Å². The maximum Gasteiger partial charge on any atom is 0.269 e. The molecule has 2 aromatic carbocycles. The molecular weight excluding hydrogens is 409 g/mol. The molecule has 0 radical (unpaired) electrons. The summed E-state index contributed by atoms with van der Waals surface area (Å²) in [5.41, 5.74) is 0.904. The van der Waals surface area contributed by atoms with Crippen LogP contribution in [-0.2, 0) is 11.3 Å². The molecule has 7 nitrogen and oxygen atoms in total. The molecule has 0 saturated carbocycles. The summed E-state index contributed by atoms with van der Waals surface area (Å²) in [5, 5.41) is 10.5. The number of carbonyl (C=O) groups excluding carboxylic acids is 1. The van der Waals surface area contributed by atoms with Crippen molar-refractivity contribution in [3.63, 3.8) is 0 Å². The number of amides is 1. The molecule has 1 atom stereocenters. The summed E-state index contributed by atoms with van der Waals surface area (Å²) < 4.78 is 18.8. The van der Waals surface area contributed by atoms with E-state index in [1.165, 1.54) is 37.1 Å². The fraction of sp³-hybridized carbons (Fsp3) is 0.381. The van der Waals surface area contributed by atoms with Gasteiger partial charge < -0.3 is 9.64 Å². The van der Waals surface area contributed by atoms with Crippen LogP contribution < -0.4 is 4.74 Å². The number of carbonyl (C=O) groups is 1. The number of rotatable bonds is 7. The van der Waals surface area contributed by atoms with E-state index in [0.717, 1.165) is 10.5 Å². The zero-order chi connectivity index (χ0) is 21.7. The third-order valence-electron chi connectivity index (χ3n) is 5.01. The topological polar surface area (TPSA) is 75.9 Å². The van der Waals surface area contributed by atoms with Crippen molar-refractivity contribution in [2.24, 2.45) is 0 Å². The number of nitro groups is 1. The second kappa shape index (κ2) is 9.90. The molecule has 1 amide bonds. The molecule has 0 bridgehead atoms. The predicted molar refractivity (Wildman–Crippen MR) is 113 cm³/mol. The summed E-state index contributed by atoms with van der Waals surface area (Å²) in [5.74, 6) is -0.0944. The van der Waals surface area contributed by atoms with E-state index in [1.807, 2.05) is 17.9 Å². The highest BCUT2D eigenvalue weighted by Crippen LogP contribution is 2.27. The van der Waals surface area contributed by atoms with Crippen molar-refractivity contribution in [1.29, 1.82) is 0 Å². The van der Waals surface area contributed by atoms with Crippen LogP contribution in [0.25, 0.3) is 0 Å². The number of methoxy groups -OCH3 is 1. The largest absolute Gasteiger partial charge is 0.494 e. The standard InChI is InChI=1S/C21H24FN3O4S/c1-15(30-18-6-4-17(5-7-18)25(27)28)21(26)24-11-9-23(10-12-24)14-16-3-8-20(29-2)19(22)13-16/h3-8,13,15H,9-12,14H2,1-2H3. The number of piperazine rings is 1. The number of nitro benzene ring substituents is 1. The number of ether oxygens (including phenoxy) is 1. The van der Waals surface area contributed by atoms with Gasteiger partial charge in [0.2, 0.25) is 5.91 Å². The number of non-ortho nitro benzene ring substituents is 1. The third kappa shape index (κ3) is 5.48. The smallest absolute Gasteiger partial charge is 0.269 e. The van der Waals surface area contributed by atoms with E-state index in [2.05, 4.69) is 4.90 Å². The molecule has 1 saturated heterocycles. The van der Waals surface area contributed by atoms with Crippen LogP contribution in [0.5, 0.6) is 5.75 Å². The first kappa shape index (κ1) is 22.0. The third-order valence-corrected chi connectivity index (χ3v) is 6.11. The van der Waals surface area contributed by atoms with Gasteiger partial charge >= 0.3 is 0 Å². The Morgan fingerprint density at radius 2 is 1.87 bits per heavy atom. The first-order chi connectivity index (χ1) is 14.4. The number of hydrogen-bond acceptors (Lipinski definition) is 6. The molecule has 9 heteroatoms. The van der Waals surface area contributed by atoms with Gasteiger partial charge in [-0.25, -0.2) is 4.39 Å². The first-order valence-corrected chi connectivity index (χ1v) is 10.5. The van der Waals surface area contributed by atoms with Gasteiger partial charge in [0.25, 0.3) is 5.69 Å². The monoisotopic (exact) mass is 433 g/mol. The maximum atomic E-state index is 13.9. The lowest BCUT2D eigenvalue weighted by atomic mass is 10.1. The van der Waals surface area contributed by atoms with Gasteiger partial charge in [0.05, 0.1) is 17.3 Å². The molecule has 0 spiro atoms. The van der Waals surface area contributed by atoms with Crippen LogP contribution in [0.2, 0.25) is 0 Å². The van der Waals surface area contributed by atoms with Gasteiger partial charge in [0.15, 0.2) is 11.6 Å². The van der Waals surface area contributed by atoms with E-state index in [-0.39, 0.29) is 28.4 Å². The van der Waals surface area contributed by atoms with Crippen LogP contribution in [0, 0.1) is 15.9 Å². The van der Waals surface area contributed by atoms with Crippen molar-refractivity contribution in [1.82, 2.24) is 9.80 Å². The van der Waals surface area contributed by atoms with Crippen molar-refractivity contribution >= 4 is 23.4 Å². The molecule has 0 N–H and O–H groups in total. The molecule has 0 aliphatic carbocycles. The number of benzene rings is 2. The van der Waals surface area contributed by atoms with E-state index < -0.39 is 4.92 Å². The average Bonchev–Trinajstić information content (AvgIpc) is 2.74. The Morgan fingerprint density at radius 3 is 2.43 bits per heavy atom. The van der Waals surface area contributed by atoms with Gasteiger partial charge in [0, 0.05) is 49.8 Å². The van der Waals surface area contributed by atoms with Gasteiger partial charge in [-0.1, -0.05) is 6.07 Å². The lowest BCUT2D eigenvalue weighted by Gasteiger charge is -2.36. The number of thioether (sulfide) groups is 1. The Bertz CT molecular complexity index is 902. The Labute approximate surface area is 179 Å². The zero-order valence-corrected chi connectivity index (χ0v) is 17.7. The quantitative estimate of drug-likeness (QED) is 0.378. The van der Waals surface area contributed by atoms with Gasteiger partial charge in [0.1, 0.15) is 0 Å². The Hall–Kier alpha value is -2.65. The highest BCUT2D eigenvalue weighted by molar-refractivity contribution is 8.00. The fourth-order valence-corrected chi connectivity index (χ4v) is 4.30. The minimum absolute atomic E-state index is 0.0335. The number of nitrogens with zero attached hydrogens (tertiary/aromatic N) is 3. The van der Waals surface area contributed by atoms with E-state index >= 15 is 0 Å². The van der Waals surface area contributed by atoms with Crippen LogP contribution in [0.4, 0.5) is 10.1 Å². The SMILES string of the molecule is COc1ccc(CN2CCN(C(=O)C(C)Sc3ccc([N+](=O)[O-])cc3)CC2)cc1F. The first-order valence-electron chi connectivity index (χ1n) is 9.62. The van der Waals surface area contributed by atoms with Crippen molar-refractivity contribution in [3.05, 3.63) is 64.0 Å². The van der Waals surface area contributed by atoms with Gasteiger partial charge in [-0.05, 0) is 36.8 Å². The van der Waals surface area contributed by atoms with Gasteiger partial charge in [-0.15, -0.1) is 11.8 Å². The summed E-state index contributed by atoms with van der Waals surface area (Å²) in [6, 6.07) is 11.2. The molecule has 1 unspecified atom stereocenters. The van der Waals surface area contributed by atoms with Crippen LogP contribution >= 0.6 is 11.8 Å². The molecule has 1 fully saturated rings. The summed E-state index contributed by atoms with van der Waals surface area (Å²) in [7, 11) is 1.44. The Balaban J connectivity index is 1.49. The zero-order valence-electron chi connectivity index (χ0n) is 16.9. The highest BCUT2D eigenvalue weighted by Gasteiger charge is 2.25. The molecular formula is C21H24FN3O4S. The second-order valence-electron chi connectivity index (χ2n) is 7.08. The van der Waals surface area contributed by atoms with E-state index in [0.29, 0.717) is 32.7 Å². The van der Waals surface area contributed by atoms with Crippen LogP contribution in [-0.4, -0.2) is 59.2 Å². The summed E-state index contributed by atoms with van der Waals surface area (Å²) in [4.78, 5) is 27.9. The number of hydrogen-bond donors (Lipinski definition) is 0. The molecule has 1 aliphatic rings. The molecule has 1 aliphatic heterocycles. The van der Waals surface area contributed by atoms with Gasteiger partial charge in [-0.2, -0.15) is 0 Å². The maximum absolute atomic E-state index is 13.9. The average molecular weight is 434 g/mol. The van der Waals surface area contributed by atoms with Crippen molar-refractivity contribution in [3.8, 4) is 5.75 Å². The molecule has 0 aromatic heterocycles. The van der Waals surface area contributed by atoms with Crippen molar-refractivity contribution < 1.29 is 18.8 Å². The van der Waals surface area contributed by atoms with Crippen molar-refractivity contribution in [2.45, 2.75) is 23.6 Å². The molecule has 30 heavy (non-hydrogen) atoms. The minimum Gasteiger partial charge on any atom is -0.494 e. The second-order valence-corrected chi connectivity index (χ2v) is 8.50.